The van der Waals surface area contributed by atoms with Gasteiger partial charge in [-0.2, -0.15) is 0 Å². The molecular weight excluding hydrogens is 416 g/mol. The van der Waals surface area contributed by atoms with Crippen LogP contribution in [-0.4, -0.2) is 22.7 Å². The van der Waals surface area contributed by atoms with Crippen LogP contribution in [0.1, 0.15) is 42.6 Å². The molecule has 0 saturated heterocycles. The number of carbonyl (C=O) groups excluding carboxylic acids is 3. The van der Waals surface area contributed by atoms with Gasteiger partial charge in [-0.15, -0.1) is 11.3 Å². The van der Waals surface area contributed by atoms with E-state index in [1.165, 1.54) is 17.6 Å². The Hall–Kier alpha value is -3.46. The van der Waals surface area contributed by atoms with Crippen LogP contribution in [0.4, 0.5) is 16.5 Å². The van der Waals surface area contributed by atoms with E-state index in [0.717, 1.165) is 5.56 Å². The van der Waals surface area contributed by atoms with E-state index in [4.69, 9.17) is 4.42 Å². The number of rotatable bonds is 6. The zero-order valence-electron chi connectivity index (χ0n) is 17.7. The topological polar surface area (TPSA) is 113 Å². The monoisotopic (exact) mass is 440 g/mol. The van der Waals surface area contributed by atoms with Gasteiger partial charge < -0.3 is 15.1 Å². The van der Waals surface area contributed by atoms with Gasteiger partial charge in [0.2, 0.25) is 11.8 Å². The summed E-state index contributed by atoms with van der Waals surface area (Å²) < 4.78 is 5.04. The van der Waals surface area contributed by atoms with Crippen molar-refractivity contribution in [3.63, 3.8) is 0 Å². The first-order valence-electron chi connectivity index (χ1n) is 9.63. The van der Waals surface area contributed by atoms with Crippen molar-refractivity contribution in [3.8, 4) is 0 Å². The molecule has 2 aromatic heterocycles. The largest absolute Gasteiger partial charge is 0.459 e. The number of furan rings is 1. The summed E-state index contributed by atoms with van der Waals surface area (Å²) in [7, 11) is 0. The molecule has 0 radical (unpaired) electrons. The molecule has 31 heavy (non-hydrogen) atoms. The molecule has 162 valence electrons. The van der Waals surface area contributed by atoms with Crippen LogP contribution in [0.15, 0.2) is 46.4 Å². The van der Waals surface area contributed by atoms with Gasteiger partial charge in [0.15, 0.2) is 10.9 Å². The van der Waals surface area contributed by atoms with Crippen molar-refractivity contribution in [2.45, 2.75) is 34.1 Å². The SMILES string of the molecule is Cc1ccc(NC(=O)Cc2csc(NC(=O)c3ccco3)n2)cc1NC(=O)C(C)(C)C. The van der Waals surface area contributed by atoms with Crippen LogP contribution in [0.5, 0.6) is 0 Å². The Labute approximate surface area is 184 Å². The minimum Gasteiger partial charge on any atom is -0.459 e. The number of benzene rings is 1. The van der Waals surface area contributed by atoms with Gasteiger partial charge in [-0.25, -0.2) is 4.98 Å². The predicted octanol–water partition coefficient (Wildman–Crippen LogP) is 4.46. The first-order chi connectivity index (χ1) is 14.6. The second-order valence-electron chi connectivity index (χ2n) is 8.03. The quantitative estimate of drug-likeness (QED) is 0.524. The van der Waals surface area contributed by atoms with Crippen LogP contribution < -0.4 is 16.0 Å². The fourth-order valence-electron chi connectivity index (χ4n) is 2.53. The average Bonchev–Trinajstić information content (AvgIpc) is 3.36. The van der Waals surface area contributed by atoms with Crippen molar-refractivity contribution in [1.29, 1.82) is 0 Å². The molecule has 3 amide bonds. The van der Waals surface area contributed by atoms with E-state index in [1.54, 1.807) is 29.6 Å². The van der Waals surface area contributed by atoms with Crippen LogP contribution in [0, 0.1) is 12.3 Å². The molecule has 0 saturated carbocycles. The van der Waals surface area contributed by atoms with Crippen molar-refractivity contribution in [2.75, 3.05) is 16.0 Å². The Morgan fingerprint density at radius 1 is 1.10 bits per heavy atom. The van der Waals surface area contributed by atoms with E-state index in [-0.39, 0.29) is 24.0 Å². The van der Waals surface area contributed by atoms with E-state index >= 15 is 0 Å². The zero-order valence-corrected chi connectivity index (χ0v) is 18.6. The Morgan fingerprint density at radius 3 is 2.55 bits per heavy atom. The molecule has 3 rings (SSSR count). The van der Waals surface area contributed by atoms with Gasteiger partial charge >= 0.3 is 0 Å². The van der Waals surface area contributed by atoms with Gasteiger partial charge in [0.1, 0.15) is 0 Å². The third kappa shape index (κ3) is 6.02. The summed E-state index contributed by atoms with van der Waals surface area (Å²) >= 11 is 1.22. The Balaban J connectivity index is 1.60. The number of thiazole rings is 1. The van der Waals surface area contributed by atoms with Crippen molar-refractivity contribution < 1.29 is 18.8 Å². The molecule has 0 unspecified atom stereocenters. The lowest BCUT2D eigenvalue weighted by Crippen LogP contribution is -2.28. The third-order valence-corrected chi connectivity index (χ3v) is 5.12. The zero-order chi connectivity index (χ0) is 22.6. The van der Waals surface area contributed by atoms with Crippen molar-refractivity contribution in [1.82, 2.24) is 4.98 Å². The predicted molar refractivity (Wildman–Crippen MR) is 120 cm³/mol. The van der Waals surface area contributed by atoms with E-state index in [9.17, 15) is 14.4 Å². The smallest absolute Gasteiger partial charge is 0.293 e. The fourth-order valence-corrected chi connectivity index (χ4v) is 3.23. The molecule has 2 heterocycles. The summed E-state index contributed by atoms with van der Waals surface area (Å²) in [6.45, 7) is 7.39. The number of carbonyl (C=O) groups is 3. The molecule has 8 nitrogen and oxygen atoms in total. The number of hydrogen-bond acceptors (Lipinski definition) is 6. The summed E-state index contributed by atoms with van der Waals surface area (Å²) in [6, 6.07) is 8.51. The molecule has 0 fully saturated rings. The van der Waals surface area contributed by atoms with Gasteiger partial charge in [0.05, 0.1) is 18.4 Å². The molecule has 0 aliphatic heterocycles. The maximum absolute atomic E-state index is 12.4. The second-order valence-corrected chi connectivity index (χ2v) is 8.89. The van der Waals surface area contributed by atoms with Crippen molar-refractivity contribution in [2.24, 2.45) is 5.41 Å². The first kappa shape index (κ1) is 22.2. The Kier molecular flexibility index (Phi) is 6.55. The maximum Gasteiger partial charge on any atom is 0.293 e. The Morgan fingerprint density at radius 2 is 1.87 bits per heavy atom. The summed E-state index contributed by atoms with van der Waals surface area (Å²) in [6.07, 6.45) is 1.46. The standard InChI is InChI=1S/C22H24N4O4S/c1-13-7-8-14(10-16(13)25-20(29)22(2,3)4)23-18(27)11-15-12-31-21(24-15)26-19(28)17-6-5-9-30-17/h5-10,12H,11H2,1-4H3,(H,23,27)(H,25,29)(H,24,26,28). The molecule has 9 heteroatoms. The molecule has 3 aromatic rings. The molecule has 1 aromatic carbocycles. The number of aryl methyl sites for hydroxylation is 1. The summed E-state index contributed by atoms with van der Waals surface area (Å²) in [4.78, 5) is 41.0. The maximum atomic E-state index is 12.4. The van der Waals surface area contributed by atoms with Gasteiger partial charge in [0.25, 0.3) is 5.91 Å². The highest BCUT2D eigenvalue weighted by atomic mass is 32.1. The minimum atomic E-state index is -0.527. The molecule has 0 aliphatic rings. The highest BCUT2D eigenvalue weighted by Gasteiger charge is 2.22. The molecule has 0 atom stereocenters. The minimum absolute atomic E-state index is 0.0463. The molecule has 3 N–H and O–H groups in total. The normalized spacial score (nSPS) is 11.1. The lowest BCUT2D eigenvalue weighted by molar-refractivity contribution is -0.123. The lowest BCUT2D eigenvalue weighted by atomic mass is 9.95. The third-order valence-electron chi connectivity index (χ3n) is 4.31. The van der Waals surface area contributed by atoms with E-state index in [1.807, 2.05) is 33.8 Å². The number of amides is 3. The van der Waals surface area contributed by atoms with Crippen LogP contribution in [-0.2, 0) is 16.0 Å². The highest BCUT2D eigenvalue weighted by molar-refractivity contribution is 7.14. The molecular formula is C22H24N4O4S. The molecule has 0 aliphatic carbocycles. The van der Waals surface area contributed by atoms with Gasteiger partial charge in [-0.3, -0.25) is 19.7 Å². The summed E-state index contributed by atoms with van der Waals surface area (Å²) in [5.41, 5.74) is 2.12. The van der Waals surface area contributed by atoms with Gasteiger partial charge in [-0.05, 0) is 36.8 Å². The molecule has 0 bridgehead atoms. The highest BCUT2D eigenvalue weighted by Crippen LogP contribution is 2.24. The van der Waals surface area contributed by atoms with Crippen LogP contribution >= 0.6 is 11.3 Å². The van der Waals surface area contributed by atoms with E-state index in [2.05, 4.69) is 20.9 Å². The number of anilines is 3. The van der Waals surface area contributed by atoms with Crippen LogP contribution in [0.25, 0.3) is 0 Å². The van der Waals surface area contributed by atoms with Crippen LogP contribution in [0.3, 0.4) is 0 Å². The van der Waals surface area contributed by atoms with E-state index in [0.29, 0.717) is 22.2 Å². The van der Waals surface area contributed by atoms with Gasteiger partial charge in [-0.1, -0.05) is 26.8 Å². The fraction of sp³-hybridized carbons (Fsp3) is 0.273. The number of hydrogen-bond donors (Lipinski definition) is 3. The summed E-state index contributed by atoms with van der Waals surface area (Å²) in [5.74, 6) is -0.583. The number of nitrogens with one attached hydrogen (secondary N) is 3. The second kappa shape index (κ2) is 9.13. The van der Waals surface area contributed by atoms with Crippen molar-refractivity contribution >= 4 is 45.6 Å². The number of nitrogens with zero attached hydrogens (tertiary/aromatic N) is 1. The molecule has 0 spiro atoms. The first-order valence-corrected chi connectivity index (χ1v) is 10.5. The van der Waals surface area contributed by atoms with Crippen molar-refractivity contribution in [3.05, 3.63) is 59.0 Å². The lowest BCUT2D eigenvalue weighted by Gasteiger charge is -2.19. The van der Waals surface area contributed by atoms with E-state index < -0.39 is 11.3 Å². The average molecular weight is 441 g/mol. The van der Waals surface area contributed by atoms with Crippen LogP contribution in [0.2, 0.25) is 0 Å². The Bertz CT molecular complexity index is 1100. The van der Waals surface area contributed by atoms with Gasteiger partial charge in [0, 0.05) is 22.2 Å². The number of aromatic nitrogens is 1. The summed E-state index contributed by atoms with van der Waals surface area (Å²) in [5, 5.41) is 10.4.